The van der Waals surface area contributed by atoms with E-state index < -0.39 is 0 Å². The number of benzene rings is 2. The van der Waals surface area contributed by atoms with Crippen LogP contribution in [0.25, 0.3) is 12.2 Å². The van der Waals surface area contributed by atoms with Crippen LogP contribution >= 0.6 is 0 Å². The molecule has 0 spiro atoms. The highest BCUT2D eigenvalue weighted by molar-refractivity contribution is 5.75. The van der Waals surface area contributed by atoms with Gasteiger partial charge in [0.15, 0.2) is 12.4 Å². The fraction of sp³-hybridized carbons (Fsp3) is 0.0500. The smallest absolute Gasteiger partial charge is 0.194 e. The Morgan fingerprint density at radius 2 is 1.10 bits per heavy atom. The van der Waals surface area contributed by atoms with Crippen LogP contribution in [0.4, 0.5) is 0 Å². The summed E-state index contributed by atoms with van der Waals surface area (Å²) in [5.74, 6) is 0. The third kappa shape index (κ3) is 2.07. The topological polar surface area (TPSA) is 3.88 Å². The second kappa shape index (κ2) is 5.02. The number of hydrogen-bond donors (Lipinski definition) is 0. The van der Waals surface area contributed by atoms with Gasteiger partial charge >= 0.3 is 0 Å². The molecule has 0 bridgehead atoms. The molecule has 1 nitrogen and oxygen atoms in total. The summed E-state index contributed by atoms with van der Waals surface area (Å²) < 4.78 is 2.28. The van der Waals surface area contributed by atoms with E-state index in [0.717, 1.165) is 0 Å². The van der Waals surface area contributed by atoms with Gasteiger partial charge in [-0.1, -0.05) is 66.7 Å². The Hall–Kier alpha value is -2.67. The zero-order valence-electron chi connectivity index (χ0n) is 11.7. The van der Waals surface area contributed by atoms with Crippen LogP contribution in [0.2, 0.25) is 0 Å². The van der Waals surface area contributed by atoms with Crippen molar-refractivity contribution in [3.05, 3.63) is 101 Å². The molecule has 0 radical (unpaired) electrons. The van der Waals surface area contributed by atoms with Gasteiger partial charge in [-0.15, -0.1) is 0 Å². The normalized spacial score (nSPS) is 13.3. The fourth-order valence-electron chi connectivity index (χ4n) is 3.08. The van der Waals surface area contributed by atoms with E-state index in [9.17, 15) is 0 Å². The molecule has 1 aliphatic rings. The summed E-state index contributed by atoms with van der Waals surface area (Å²) in [5.41, 5.74) is 5.26. The van der Waals surface area contributed by atoms with Crippen molar-refractivity contribution in [2.45, 2.75) is 6.04 Å². The van der Waals surface area contributed by atoms with E-state index in [1.54, 1.807) is 0 Å². The number of hydrogen-bond acceptors (Lipinski definition) is 0. The molecule has 1 heterocycles. The molecule has 21 heavy (non-hydrogen) atoms. The van der Waals surface area contributed by atoms with Gasteiger partial charge in [0.05, 0.1) is 0 Å². The lowest BCUT2D eigenvalue weighted by Crippen LogP contribution is -2.40. The Labute approximate surface area is 124 Å². The number of pyridine rings is 1. The molecule has 1 heteroatoms. The molecule has 0 saturated heterocycles. The molecular formula is C20H16N+. The SMILES string of the molecule is C1=Cc2ccccc2C([n+]2ccccc2)c2ccccc21. The molecule has 1 aliphatic carbocycles. The van der Waals surface area contributed by atoms with E-state index in [-0.39, 0.29) is 6.04 Å². The summed E-state index contributed by atoms with van der Waals surface area (Å²) in [6.07, 6.45) is 8.72. The van der Waals surface area contributed by atoms with Crippen molar-refractivity contribution in [2.75, 3.05) is 0 Å². The van der Waals surface area contributed by atoms with Crippen molar-refractivity contribution in [1.29, 1.82) is 0 Å². The summed E-state index contributed by atoms with van der Waals surface area (Å²) in [6.45, 7) is 0. The Balaban J connectivity index is 2.02. The van der Waals surface area contributed by atoms with Gasteiger partial charge in [0.25, 0.3) is 0 Å². The van der Waals surface area contributed by atoms with Crippen LogP contribution < -0.4 is 4.57 Å². The van der Waals surface area contributed by atoms with Crippen molar-refractivity contribution in [3.63, 3.8) is 0 Å². The lowest BCUT2D eigenvalue weighted by atomic mass is 9.94. The summed E-state index contributed by atoms with van der Waals surface area (Å²) in [7, 11) is 0. The molecule has 0 atom stereocenters. The van der Waals surface area contributed by atoms with Crippen molar-refractivity contribution in [2.24, 2.45) is 0 Å². The average molecular weight is 270 g/mol. The molecular weight excluding hydrogens is 254 g/mol. The lowest BCUT2D eigenvalue weighted by Gasteiger charge is -2.15. The Kier molecular flexibility index (Phi) is 2.89. The largest absolute Gasteiger partial charge is 0.210 e. The van der Waals surface area contributed by atoms with Crippen LogP contribution in [0.15, 0.2) is 79.1 Å². The van der Waals surface area contributed by atoms with Gasteiger partial charge in [-0.2, -0.15) is 4.57 Å². The first-order valence-electron chi connectivity index (χ1n) is 7.25. The predicted molar refractivity (Wildman–Crippen MR) is 85.7 cm³/mol. The van der Waals surface area contributed by atoms with Crippen molar-refractivity contribution in [1.82, 2.24) is 0 Å². The molecule has 0 aliphatic heterocycles. The van der Waals surface area contributed by atoms with Gasteiger partial charge in [-0.25, -0.2) is 0 Å². The minimum Gasteiger partial charge on any atom is -0.194 e. The number of fused-ring (bicyclic) bond motifs is 2. The number of rotatable bonds is 1. The average Bonchev–Trinajstić information content (AvgIpc) is 2.72. The monoisotopic (exact) mass is 270 g/mol. The van der Waals surface area contributed by atoms with E-state index in [2.05, 4.69) is 95.8 Å². The van der Waals surface area contributed by atoms with Gasteiger partial charge in [-0.3, -0.25) is 0 Å². The highest BCUT2D eigenvalue weighted by atomic mass is 15.0. The van der Waals surface area contributed by atoms with Crippen molar-refractivity contribution < 1.29 is 4.57 Å². The van der Waals surface area contributed by atoms with Crippen molar-refractivity contribution in [3.8, 4) is 0 Å². The van der Waals surface area contributed by atoms with Gasteiger partial charge in [0.2, 0.25) is 6.04 Å². The zero-order valence-corrected chi connectivity index (χ0v) is 11.7. The molecule has 0 saturated carbocycles. The van der Waals surface area contributed by atoms with E-state index in [0.29, 0.717) is 0 Å². The molecule has 1 aromatic heterocycles. The number of nitrogens with zero attached hydrogens (tertiary/aromatic N) is 1. The maximum Gasteiger partial charge on any atom is 0.210 e. The van der Waals surface area contributed by atoms with Gasteiger partial charge in [-0.05, 0) is 11.1 Å². The van der Waals surface area contributed by atoms with Crippen LogP contribution in [0, 0.1) is 0 Å². The summed E-state index contributed by atoms with van der Waals surface area (Å²) in [5, 5.41) is 0. The molecule has 2 aromatic carbocycles. The third-order valence-electron chi connectivity index (χ3n) is 4.06. The third-order valence-corrected chi connectivity index (χ3v) is 4.06. The lowest BCUT2D eigenvalue weighted by molar-refractivity contribution is -0.704. The zero-order chi connectivity index (χ0) is 14.1. The minimum atomic E-state index is 0.216. The second-order valence-corrected chi connectivity index (χ2v) is 5.32. The molecule has 3 aromatic rings. The van der Waals surface area contributed by atoms with Crippen LogP contribution in [-0.2, 0) is 0 Å². The molecule has 0 amide bonds. The number of aromatic nitrogens is 1. The first kappa shape index (κ1) is 12.1. The van der Waals surface area contributed by atoms with Gasteiger partial charge < -0.3 is 0 Å². The molecule has 100 valence electrons. The maximum absolute atomic E-state index is 2.28. The highest BCUT2D eigenvalue weighted by Gasteiger charge is 2.28. The quantitative estimate of drug-likeness (QED) is 0.459. The van der Waals surface area contributed by atoms with E-state index in [4.69, 9.17) is 0 Å². The van der Waals surface area contributed by atoms with Gasteiger partial charge in [0, 0.05) is 23.3 Å². The first-order valence-corrected chi connectivity index (χ1v) is 7.25. The highest BCUT2D eigenvalue weighted by Crippen LogP contribution is 2.32. The summed E-state index contributed by atoms with van der Waals surface area (Å²) >= 11 is 0. The summed E-state index contributed by atoms with van der Waals surface area (Å²) in [4.78, 5) is 0. The van der Waals surface area contributed by atoms with E-state index >= 15 is 0 Å². The molecule has 0 fully saturated rings. The van der Waals surface area contributed by atoms with E-state index in [1.807, 2.05) is 0 Å². The molecule has 4 rings (SSSR count). The Morgan fingerprint density at radius 1 is 0.571 bits per heavy atom. The van der Waals surface area contributed by atoms with Gasteiger partial charge in [0.1, 0.15) is 0 Å². The van der Waals surface area contributed by atoms with Crippen LogP contribution in [0.5, 0.6) is 0 Å². The maximum atomic E-state index is 2.28. The van der Waals surface area contributed by atoms with Crippen LogP contribution in [-0.4, -0.2) is 0 Å². The fourth-order valence-corrected chi connectivity index (χ4v) is 3.08. The summed E-state index contributed by atoms with van der Waals surface area (Å²) in [6, 6.07) is 23.7. The Bertz CT molecular complexity index is 753. The Morgan fingerprint density at radius 3 is 1.67 bits per heavy atom. The van der Waals surface area contributed by atoms with Crippen LogP contribution in [0.1, 0.15) is 28.3 Å². The first-order chi connectivity index (χ1) is 10.4. The van der Waals surface area contributed by atoms with Crippen LogP contribution in [0.3, 0.4) is 0 Å². The minimum absolute atomic E-state index is 0.216. The second-order valence-electron chi connectivity index (χ2n) is 5.32. The predicted octanol–water partition coefficient (Wildman–Crippen LogP) is 4.10. The van der Waals surface area contributed by atoms with E-state index in [1.165, 1.54) is 22.3 Å². The van der Waals surface area contributed by atoms with Crippen molar-refractivity contribution >= 4 is 12.2 Å². The molecule has 0 N–H and O–H groups in total. The molecule has 0 unspecified atom stereocenters. The standard InChI is InChI=1S/C20H16N/c1-6-14-21(15-7-1)20-18-10-4-2-8-16(18)12-13-17-9-3-5-11-19(17)20/h1-15,20H/q+1.